The molecule has 2 amide bonds. The molecule has 0 aromatic rings. The summed E-state index contributed by atoms with van der Waals surface area (Å²) in [5, 5.41) is 0. The van der Waals surface area contributed by atoms with Crippen LogP contribution in [0.5, 0.6) is 0 Å². The number of esters is 1. The van der Waals surface area contributed by atoms with E-state index < -0.39 is 18.0 Å². The van der Waals surface area contributed by atoms with Crippen molar-refractivity contribution in [1.82, 2.24) is 10.9 Å². The van der Waals surface area contributed by atoms with Crippen LogP contribution in [0.15, 0.2) is 0 Å². The number of nitrogens with one attached hydrogen (secondary N) is 2. The van der Waals surface area contributed by atoms with Crippen LogP contribution in [-0.2, 0) is 14.3 Å². The van der Waals surface area contributed by atoms with Gasteiger partial charge in [-0.15, -0.1) is 4.39 Å². The molecule has 0 aromatic carbocycles. The molecular formula is C5H7FN2O4. The lowest BCUT2D eigenvalue weighted by Crippen LogP contribution is -2.43. The second kappa shape index (κ2) is 5.05. The predicted molar refractivity (Wildman–Crippen MR) is 34.4 cm³/mol. The highest BCUT2D eigenvalue weighted by Gasteiger charge is 2.14. The van der Waals surface area contributed by atoms with Crippen molar-refractivity contribution in [2.24, 2.45) is 0 Å². The Bertz CT molecular complexity index is 206. The number of amides is 2. The van der Waals surface area contributed by atoms with Crippen LogP contribution in [0.4, 0.5) is 9.18 Å². The van der Waals surface area contributed by atoms with Crippen LogP contribution < -0.4 is 10.9 Å². The van der Waals surface area contributed by atoms with E-state index in [0.29, 0.717) is 0 Å². The van der Waals surface area contributed by atoms with E-state index in [4.69, 9.17) is 0 Å². The quantitative estimate of drug-likeness (QED) is 0.182. The standard InChI is InChI=1S/C5H7FN2O4/c1-2-12-4(10)3(9)7-8-5(6)11/h2H2,1H3,(H,7,9)(H,8,11). The maximum atomic E-state index is 11.4. The first kappa shape index (κ1) is 10.3. The highest BCUT2D eigenvalue weighted by molar-refractivity contribution is 6.32. The van der Waals surface area contributed by atoms with E-state index in [1.807, 2.05) is 0 Å². The first-order chi connectivity index (χ1) is 5.57. The first-order valence-corrected chi connectivity index (χ1v) is 3.00. The molecule has 0 bridgehead atoms. The number of halogens is 1. The van der Waals surface area contributed by atoms with E-state index in [0.717, 1.165) is 0 Å². The molecule has 0 aliphatic heterocycles. The SMILES string of the molecule is CCOC(=O)C(=O)NNC(=O)F. The molecule has 12 heavy (non-hydrogen) atoms. The van der Waals surface area contributed by atoms with Gasteiger partial charge >= 0.3 is 18.0 Å². The van der Waals surface area contributed by atoms with Gasteiger partial charge in [0.15, 0.2) is 0 Å². The van der Waals surface area contributed by atoms with E-state index in [1.165, 1.54) is 17.8 Å². The Morgan fingerprint density at radius 3 is 2.33 bits per heavy atom. The summed E-state index contributed by atoms with van der Waals surface area (Å²) in [5.41, 5.74) is 2.76. The zero-order valence-electron chi connectivity index (χ0n) is 6.22. The molecule has 0 rings (SSSR count). The Kier molecular flexibility index (Phi) is 4.35. The van der Waals surface area contributed by atoms with E-state index >= 15 is 0 Å². The lowest BCUT2D eigenvalue weighted by Gasteiger charge is -2.01. The van der Waals surface area contributed by atoms with Crippen LogP contribution in [0.3, 0.4) is 0 Å². The molecule has 0 fully saturated rings. The van der Waals surface area contributed by atoms with Crippen molar-refractivity contribution < 1.29 is 23.5 Å². The van der Waals surface area contributed by atoms with Gasteiger partial charge in [-0.25, -0.2) is 15.0 Å². The third-order valence-electron chi connectivity index (χ3n) is 0.735. The molecule has 0 saturated heterocycles. The van der Waals surface area contributed by atoms with E-state index in [9.17, 15) is 18.8 Å². The molecule has 7 heteroatoms. The second-order valence-electron chi connectivity index (χ2n) is 1.57. The van der Waals surface area contributed by atoms with Crippen LogP contribution in [0.25, 0.3) is 0 Å². The second-order valence-corrected chi connectivity index (χ2v) is 1.57. The van der Waals surface area contributed by atoms with Crippen molar-refractivity contribution in [1.29, 1.82) is 0 Å². The Balaban J connectivity index is 3.72. The molecule has 0 aliphatic rings. The summed E-state index contributed by atoms with van der Waals surface area (Å²) in [6, 6.07) is 0. The van der Waals surface area contributed by atoms with Crippen molar-refractivity contribution in [2.45, 2.75) is 6.92 Å². The molecule has 0 unspecified atom stereocenters. The van der Waals surface area contributed by atoms with Crippen molar-refractivity contribution in [2.75, 3.05) is 6.61 Å². The molecule has 0 heterocycles. The lowest BCUT2D eigenvalue weighted by atomic mass is 10.6. The normalized spacial score (nSPS) is 8.50. The topological polar surface area (TPSA) is 84.5 Å². The van der Waals surface area contributed by atoms with Gasteiger partial charge in [0.05, 0.1) is 6.61 Å². The summed E-state index contributed by atoms with van der Waals surface area (Å²) >= 11 is 0. The van der Waals surface area contributed by atoms with Crippen LogP contribution in [0, 0.1) is 0 Å². The minimum absolute atomic E-state index is 0.0236. The zero-order chi connectivity index (χ0) is 9.56. The van der Waals surface area contributed by atoms with Gasteiger partial charge in [-0.1, -0.05) is 0 Å². The largest absolute Gasteiger partial charge is 0.459 e. The third kappa shape index (κ3) is 4.20. The number of hydrogen-bond acceptors (Lipinski definition) is 4. The fourth-order valence-corrected chi connectivity index (χ4v) is 0.354. The summed E-state index contributed by atoms with van der Waals surface area (Å²) in [6.45, 7) is 1.52. The van der Waals surface area contributed by atoms with Gasteiger partial charge in [-0.3, -0.25) is 10.2 Å². The highest BCUT2D eigenvalue weighted by atomic mass is 19.1. The maximum Gasteiger partial charge on any atom is 0.416 e. The fraction of sp³-hybridized carbons (Fsp3) is 0.400. The average molecular weight is 178 g/mol. The summed E-state index contributed by atoms with van der Waals surface area (Å²) in [4.78, 5) is 30.5. The number of carbonyl (C=O) groups excluding carboxylic acids is 3. The Hall–Kier alpha value is -1.66. The summed E-state index contributed by atoms with van der Waals surface area (Å²) in [7, 11) is 0. The number of rotatable bonds is 1. The van der Waals surface area contributed by atoms with Gasteiger partial charge < -0.3 is 4.74 Å². The van der Waals surface area contributed by atoms with Gasteiger partial charge in [0.2, 0.25) is 0 Å². The van der Waals surface area contributed by atoms with Gasteiger partial charge in [0, 0.05) is 0 Å². The highest BCUT2D eigenvalue weighted by Crippen LogP contribution is 1.76. The van der Waals surface area contributed by atoms with E-state index in [2.05, 4.69) is 4.74 Å². The molecule has 0 saturated carbocycles. The van der Waals surface area contributed by atoms with Crippen LogP contribution in [0.1, 0.15) is 6.92 Å². The summed E-state index contributed by atoms with van der Waals surface area (Å²) in [5.74, 6) is -2.42. The molecule has 0 aliphatic carbocycles. The molecule has 68 valence electrons. The average Bonchev–Trinajstić information content (AvgIpc) is 2.00. The van der Waals surface area contributed by atoms with E-state index in [1.54, 1.807) is 0 Å². The number of ether oxygens (including phenoxy) is 1. The molecule has 0 atom stereocenters. The van der Waals surface area contributed by atoms with Gasteiger partial charge in [-0.05, 0) is 6.92 Å². The van der Waals surface area contributed by atoms with Crippen LogP contribution >= 0.6 is 0 Å². The minimum Gasteiger partial charge on any atom is -0.459 e. The van der Waals surface area contributed by atoms with E-state index in [-0.39, 0.29) is 6.61 Å². The van der Waals surface area contributed by atoms with Gasteiger partial charge in [-0.2, -0.15) is 0 Å². The van der Waals surface area contributed by atoms with Crippen molar-refractivity contribution in [3.05, 3.63) is 0 Å². The first-order valence-electron chi connectivity index (χ1n) is 3.00. The van der Waals surface area contributed by atoms with Crippen molar-refractivity contribution >= 4 is 18.0 Å². The summed E-state index contributed by atoms with van der Waals surface area (Å²) in [6.07, 6.45) is -1.97. The molecule has 0 radical (unpaired) electrons. The summed E-state index contributed by atoms with van der Waals surface area (Å²) < 4.78 is 15.6. The Morgan fingerprint density at radius 2 is 1.92 bits per heavy atom. The Labute approximate surface area is 67.0 Å². The van der Waals surface area contributed by atoms with Crippen LogP contribution in [0.2, 0.25) is 0 Å². The molecular weight excluding hydrogens is 171 g/mol. The van der Waals surface area contributed by atoms with Crippen LogP contribution in [-0.4, -0.2) is 24.6 Å². The number of hydrogen-bond donors (Lipinski definition) is 2. The molecule has 0 aromatic heterocycles. The van der Waals surface area contributed by atoms with Crippen molar-refractivity contribution in [3.8, 4) is 0 Å². The molecule has 6 nitrogen and oxygen atoms in total. The number of hydrazine groups is 1. The molecule has 2 N–H and O–H groups in total. The zero-order valence-corrected chi connectivity index (χ0v) is 6.22. The fourth-order valence-electron chi connectivity index (χ4n) is 0.354. The predicted octanol–water partition coefficient (Wildman–Crippen LogP) is -0.740. The monoisotopic (exact) mass is 178 g/mol. The maximum absolute atomic E-state index is 11.4. The lowest BCUT2D eigenvalue weighted by molar-refractivity contribution is -0.154. The number of carbonyl (C=O) groups is 3. The van der Waals surface area contributed by atoms with Crippen molar-refractivity contribution in [3.63, 3.8) is 0 Å². The Morgan fingerprint density at radius 1 is 1.33 bits per heavy atom. The smallest absolute Gasteiger partial charge is 0.416 e. The van der Waals surface area contributed by atoms with Gasteiger partial charge in [0.1, 0.15) is 0 Å². The molecule has 0 spiro atoms. The minimum atomic E-state index is -1.97. The van der Waals surface area contributed by atoms with Gasteiger partial charge in [0.25, 0.3) is 0 Å². The third-order valence-corrected chi connectivity index (χ3v) is 0.735.